The van der Waals surface area contributed by atoms with Crippen molar-refractivity contribution in [1.82, 2.24) is 0 Å². The van der Waals surface area contributed by atoms with Gasteiger partial charge in [-0.3, -0.25) is 4.89 Å². The van der Waals surface area contributed by atoms with E-state index in [1.807, 2.05) is 0 Å². The summed E-state index contributed by atoms with van der Waals surface area (Å²) in [5.74, 6) is 0.573. The van der Waals surface area contributed by atoms with Crippen LogP contribution in [0.5, 0.6) is 11.5 Å². The van der Waals surface area contributed by atoms with Crippen LogP contribution >= 0.6 is 7.82 Å². The van der Waals surface area contributed by atoms with E-state index in [9.17, 15) is 9.46 Å². The molecule has 90 valence electrons. The van der Waals surface area contributed by atoms with Gasteiger partial charge in [0.15, 0.2) is 0 Å². The molecule has 2 aromatic rings. The van der Waals surface area contributed by atoms with E-state index in [4.69, 9.17) is 9.05 Å². The molecule has 2 aromatic carbocycles. The van der Waals surface area contributed by atoms with Crippen molar-refractivity contribution in [3.05, 3.63) is 60.7 Å². The summed E-state index contributed by atoms with van der Waals surface area (Å²) in [5.41, 5.74) is 0. The zero-order valence-electron chi connectivity index (χ0n) is 9.60. The van der Waals surface area contributed by atoms with E-state index in [0.29, 0.717) is 0 Å². The minimum Gasteiger partial charge on any atom is -0.395 e. The topological polar surface area (TPSA) is 55.8 Å². The summed E-state index contributed by atoms with van der Waals surface area (Å²) < 4.78 is 21.5. The first-order valence-corrected chi connectivity index (χ1v) is 6.47. The molecule has 0 saturated heterocycles. The fraction of sp³-hybridized carbons (Fsp3) is 0. The van der Waals surface area contributed by atoms with Crippen LogP contribution in [-0.2, 0) is 4.57 Å². The number of phosphoric acid groups is 1. The van der Waals surface area contributed by atoms with Crippen LogP contribution in [0.1, 0.15) is 0 Å². The summed E-state index contributed by atoms with van der Waals surface area (Å²) in [6.45, 7) is 0. The van der Waals surface area contributed by atoms with Gasteiger partial charge in [0.05, 0.1) is 0 Å². The SMILES string of the molecule is O=P(O)(Oc1ccccc1)Oc1ccccc1.[Ca]. The second-order valence-corrected chi connectivity index (χ2v) is 4.58. The third-order valence-corrected chi connectivity index (χ3v) is 2.81. The minimum atomic E-state index is -4.14. The maximum Gasteiger partial charge on any atom is 0.584 e. The van der Waals surface area contributed by atoms with Crippen molar-refractivity contribution in [2.45, 2.75) is 0 Å². The molecule has 0 aliphatic heterocycles. The third-order valence-electron chi connectivity index (χ3n) is 1.93. The maximum absolute atomic E-state index is 11.7. The zero-order chi connectivity index (χ0) is 12.1. The van der Waals surface area contributed by atoms with Crippen molar-refractivity contribution < 1.29 is 18.5 Å². The van der Waals surface area contributed by atoms with Crippen LogP contribution < -0.4 is 9.05 Å². The Morgan fingerprint density at radius 2 is 1.11 bits per heavy atom. The molecule has 4 nitrogen and oxygen atoms in total. The Morgan fingerprint density at radius 1 is 0.778 bits per heavy atom. The average Bonchev–Trinajstić information content (AvgIpc) is 2.30. The summed E-state index contributed by atoms with van der Waals surface area (Å²) in [6, 6.07) is 16.7. The van der Waals surface area contributed by atoms with Crippen molar-refractivity contribution in [2.24, 2.45) is 0 Å². The molecule has 0 aliphatic carbocycles. The van der Waals surface area contributed by atoms with Gasteiger partial charge in [0.1, 0.15) is 11.5 Å². The standard InChI is InChI=1S/C12H11O4P.Ca/c13-17(14,15-11-7-3-1-4-8-11)16-12-9-5-2-6-10-12;/h1-10H,(H,13,14);. The van der Waals surface area contributed by atoms with E-state index in [0.717, 1.165) is 0 Å². The number of para-hydroxylation sites is 2. The van der Waals surface area contributed by atoms with Crippen molar-refractivity contribution in [3.63, 3.8) is 0 Å². The van der Waals surface area contributed by atoms with Crippen LogP contribution in [0.3, 0.4) is 0 Å². The summed E-state index contributed by atoms with van der Waals surface area (Å²) in [6.07, 6.45) is 0. The second kappa shape index (κ2) is 7.17. The van der Waals surface area contributed by atoms with Crippen LogP contribution in [0.2, 0.25) is 0 Å². The minimum absolute atomic E-state index is 0. The molecule has 0 saturated carbocycles. The van der Waals surface area contributed by atoms with Gasteiger partial charge >= 0.3 is 7.82 Å². The van der Waals surface area contributed by atoms with Crippen molar-refractivity contribution in [1.29, 1.82) is 0 Å². The van der Waals surface area contributed by atoms with E-state index in [2.05, 4.69) is 0 Å². The van der Waals surface area contributed by atoms with Crippen LogP contribution in [-0.4, -0.2) is 42.6 Å². The van der Waals surface area contributed by atoms with Gasteiger partial charge < -0.3 is 9.05 Å². The van der Waals surface area contributed by atoms with Gasteiger partial charge in [-0.15, -0.1) is 0 Å². The largest absolute Gasteiger partial charge is 0.584 e. The Hall–Kier alpha value is -0.510. The summed E-state index contributed by atoms with van der Waals surface area (Å²) in [4.78, 5) is 9.53. The first-order chi connectivity index (χ1) is 8.16. The van der Waals surface area contributed by atoms with E-state index >= 15 is 0 Å². The van der Waals surface area contributed by atoms with Gasteiger partial charge in [-0.2, -0.15) is 0 Å². The number of phosphoric ester groups is 1. The van der Waals surface area contributed by atoms with Gasteiger partial charge in [0, 0.05) is 37.7 Å². The second-order valence-electron chi connectivity index (χ2n) is 3.28. The molecular formula is C12H11CaO4P. The number of hydrogen-bond donors (Lipinski definition) is 1. The van der Waals surface area contributed by atoms with Gasteiger partial charge in [0.25, 0.3) is 0 Å². The Balaban J connectivity index is 0.00000162. The Kier molecular flexibility index (Phi) is 6.19. The molecular weight excluding hydrogens is 279 g/mol. The number of benzene rings is 2. The monoisotopic (exact) mass is 290 g/mol. The van der Waals surface area contributed by atoms with Crippen LogP contribution in [0, 0.1) is 0 Å². The normalized spacial score (nSPS) is 10.3. The van der Waals surface area contributed by atoms with Crippen molar-refractivity contribution >= 4 is 45.6 Å². The Morgan fingerprint density at radius 3 is 1.44 bits per heavy atom. The summed E-state index contributed by atoms with van der Waals surface area (Å²) in [5, 5.41) is 0. The molecule has 18 heavy (non-hydrogen) atoms. The predicted octanol–water partition coefficient (Wildman–Crippen LogP) is 2.86. The molecule has 6 heteroatoms. The van der Waals surface area contributed by atoms with E-state index < -0.39 is 7.82 Å². The smallest absolute Gasteiger partial charge is 0.395 e. The van der Waals surface area contributed by atoms with E-state index in [1.165, 1.54) is 0 Å². The number of rotatable bonds is 4. The van der Waals surface area contributed by atoms with Gasteiger partial charge in [0.2, 0.25) is 0 Å². The molecule has 0 fully saturated rings. The van der Waals surface area contributed by atoms with Gasteiger partial charge in [-0.1, -0.05) is 36.4 Å². The molecule has 1 N–H and O–H groups in total. The quantitative estimate of drug-likeness (QED) is 0.695. The maximum atomic E-state index is 11.7. The molecule has 0 heterocycles. The fourth-order valence-electron chi connectivity index (χ4n) is 1.25. The van der Waals surface area contributed by atoms with Gasteiger partial charge in [-0.25, -0.2) is 4.57 Å². The average molecular weight is 290 g/mol. The molecule has 0 amide bonds. The molecule has 2 radical (unpaired) electrons. The van der Waals surface area contributed by atoms with E-state index in [1.54, 1.807) is 60.7 Å². The predicted molar refractivity (Wildman–Crippen MR) is 69.7 cm³/mol. The van der Waals surface area contributed by atoms with Crippen molar-refractivity contribution in [2.75, 3.05) is 0 Å². The molecule has 0 aliphatic rings. The molecule has 0 atom stereocenters. The molecule has 0 spiro atoms. The molecule has 2 rings (SSSR count). The third kappa shape index (κ3) is 5.01. The van der Waals surface area contributed by atoms with Crippen LogP contribution in [0.25, 0.3) is 0 Å². The fourth-order valence-corrected chi connectivity index (χ4v) is 2.06. The van der Waals surface area contributed by atoms with Crippen molar-refractivity contribution in [3.8, 4) is 11.5 Å². The molecule has 0 aromatic heterocycles. The summed E-state index contributed by atoms with van der Waals surface area (Å²) >= 11 is 0. The van der Waals surface area contributed by atoms with Gasteiger partial charge in [-0.05, 0) is 24.3 Å². The Labute approximate surface area is 135 Å². The Bertz CT molecular complexity index is 473. The summed E-state index contributed by atoms with van der Waals surface area (Å²) in [7, 11) is -4.14. The number of hydrogen-bond acceptors (Lipinski definition) is 3. The first kappa shape index (κ1) is 15.5. The molecule has 0 bridgehead atoms. The van der Waals surface area contributed by atoms with E-state index in [-0.39, 0.29) is 49.2 Å². The first-order valence-electron chi connectivity index (χ1n) is 4.98. The molecule has 0 unspecified atom stereocenters. The van der Waals surface area contributed by atoms with Crippen LogP contribution in [0.15, 0.2) is 60.7 Å². The zero-order valence-corrected chi connectivity index (χ0v) is 12.7. The van der Waals surface area contributed by atoms with Crippen LogP contribution in [0.4, 0.5) is 0 Å².